The first kappa shape index (κ1) is 11.1. The molecule has 3 heterocycles. The molecule has 2 aliphatic rings. The minimum atomic E-state index is 0.578. The number of likely N-dealkylation sites (tertiary alicyclic amines) is 1. The summed E-state index contributed by atoms with van der Waals surface area (Å²) in [5.74, 6) is 0. The van der Waals surface area contributed by atoms with E-state index in [0.717, 1.165) is 10.3 Å². The van der Waals surface area contributed by atoms with Crippen LogP contribution in [0.5, 0.6) is 0 Å². The van der Waals surface area contributed by atoms with Gasteiger partial charge in [-0.3, -0.25) is 4.90 Å². The Morgan fingerprint density at radius 2 is 2.50 bits per heavy atom. The summed E-state index contributed by atoms with van der Waals surface area (Å²) < 4.78 is 1.14. The van der Waals surface area contributed by atoms with Crippen LogP contribution >= 0.6 is 27.3 Å². The second-order valence-corrected chi connectivity index (χ2v) is 7.44. The second-order valence-electron chi connectivity index (χ2n) is 4.95. The summed E-state index contributed by atoms with van der Waals surface area (Å²) >= 11 is 5.22. The van der Waals surface area contributed by atoms with Gasteiger partial charge < -0.3 is 5.32 Å². The Morgan fingerprint density at radius 1 is 1.56 bits per heavy atom. The largest absolute Gasteiger partial charge is 0.316 e. The van der Waals surface area contributed by atoms with Gasteiger partial charge in [-0.2, -0.15) is 0 Å². The Kier molecular flexibility index (Phi) is 3.04. The van der Waals surface area contributed by atoms with Gasteiger partial charge in [0.1, 0.15) is 5.01 Å². The normalized spacial score (nSPS) is 30.6. The van der Waals surface area contributed by atoms with Crippen LogP contribution in [-0.4, -0.2) is 36.1 Å². The van der Waals surface area contributed by atoms with Crippen LogP contribution in [0.1, 0.15) is 17.8 Å². The summed E-state index contributed by atoms with van der Waals surface area (Å²) in [6, 6.07) is 0. The maximum absolute atomic E-state index is 4.41. The highest BCUT2D eigenvalue weighted by molar-refractivity contribution is 9.11. The lowest BCUT2D eigenvalue weighted by Gasteiger charge is -2.22. The first-order valence-electron chi connectivity index (χ1n) is 5.79. The van der Waals surface area contributed by atoms with Crippen molar-refractivity contribution in [1.29, 1.82) is 0 Å². The zero-order chi connectivity index (χ0) is 11.0. The number of hydrogen-bond donors (Lipinski definition) is 1. The van der Waals surface area contributed by atoms with Crippen molar-refractivity contribution in [3.8, 4) is 0 Å². The van der Waals surface area contributed by atoms with Crippen molar-refractivity contribution in [2.75, 3.05) is 26.2 Å². The topological polar surface area (TPSA) is 28.2 Å². The van der Waals surface area contributed by atoms with Crippen LogP contribution in [0.2, 0.25) is 0 Å². The van der Waals surface area contributed by atoms with E-state index in [9.17, 15) is 0 Å². The Morgan fingerprint density at radius 3 is 3.19 bits per heavy atom. The molecule has 0 radical (unpaired) electrons. The van der Waals surface area contributed by atoms with Gasteiger partial charge in [0.25, 0.3) is 0 Å². The van der Waals surface area contributed by atoms with Crippen molar-refractivity contribution in [1.82, 2.24) is 15.2 Å². The van der Waals surface area contributed by atoms with Gasteiger partial charge in [0.15, 0.2) is 0 Å². The molecule has 1 spiro atoms. The minimum absolute atomic E-state index is 0.578. The lowest BCUT2D eigenvalue weighted by atomic mass is 9.87. The van der Waals surface area contributed by atoms with Crippen molar-refractivity contribution < 1.29 is 0 Å². The highest BCUT2D eigenvalue weighted by Gasteiger charge is 2.40. The van der Waals surface area contributed by atoms with E-state index in [1.54, 1.807) is 11.3 Å². The number of nitrogens with one attached hydrogen (secondary N) is 1. The van der Waals surface area contributed by atoms with Crippen molar-refractivity contribution in [2.45, 2.75) is 19.4 Å². The summed E-state index contributed by atoms with van der Waals surface area (Å²) in [6.45, 7) is 5.93. The van der Waals surface area contributed by atoms with Gasteiger partial charge in [-0.05, 0) is 47.3 Å². The molecule has 3 nitrogen and oxygen atoms in total. The predicted molar refractivity (Wildman–Crippen MR) is 69.6 cm³/mol. The molecule has 1 unspecified atom stereocenters. The van der Waals surface area contributed by atoms with Crippen LogP contribution in [-0.2, 0) is 6.54 Å². The number of hydrogen-bond acceptors (Lipinski definition) is 4. The lowest BCUT2D eigenvalue weighted by molar-refractivity contribution is 0.268. The summed E-state index contributed by atoms with van der Waals surface area (Å²) in [6.07, 6.45) is 4.61. The lowest BCUT2D eigenvalue weighted by Crippen LogP contribution is -2.28. The minimum Gasteiger partial charge on any atom is -0.316 e. The Balaban J connectivity index is 1.61. The van der Waals surface area contributed by atoms with Crippen LogP contribution in [0.3, 0.4) is 0 Å². The molecule has 1 atom stereocenters. The molecule has 0 saturated carbocycles. The number of halogens is 1. The van der Waals surface area contributed by atoms with Crippen LogP contribution < -0.4 is 5.32 Å². The number of rotatable bonds is 2. The van der Waals surface area contributed by atoms with Crippen molar-refractivity contribution in [3.63, 3.8) is 0 Å². The maximum Gasteiger partial charge on any atom is 0.108 e. The molecule has 0 aliphatic carbocycles. The fourth-order valence-electron chi connectivity index (χ4n) is 2.86. The van der Waals surface area contributed by atoms with Crippen LogP contribution in [0, 0.1) is 5.41 Å². The van der Waals surface area contributed by atoms with E-state index in [1.807, 2.05) is 6.20 Å². The molecule has 0 aromatic carbocycles. The quantitative estimate of drug-likeness (QED) is 0.907. The molecule has 88 valence electrons. The van der Waals surface area contributed by atoms with E-state index in [0.29, 0.717) is 5.41 Å². The van der Waals surface area contributed by atoms with Gasteiger partial charge in [-0.1, -0.05) is 0 Å². The summed E-state index contributed by atoms with van der Waals surface area (Å²) in [7, 11) is 0. The molecule has 16 heavy (non-hydrogen) atoms. The Bertz CT molecular complexity index is 373. The molecular formula is C11H16BrN3S. The third-order valence-corrected chi connectivity index (χ3v) is 5.19. The Hall–Kier alpha value is 0.0300. The first-order chi connectivity index (χ1) is 7.76. The first-order valence-corrected chi connectivity index (χ1v) is 7.40. The molecule has 2 saturated heterocycles. The highest BCUT2D eigenvalue weighted by atomic mass is 79.9. The summed E-state index contributed by atoms with van der Waals surface area (Å²) in [4.78, 5) is 6.96. The van der Waals surface area contributed by atoms with Gasteiger partial charge >= 0.3 is 0 Å². The molecule has 1 N–H and O–H groups in total. The van der Waals surface area contributed by atoms with E-state index in [-0.39, 0.29) is 0 Å². The smallest absolute Gasteiger partial charge is 0.108 e. The maximum atomic E-state index is 4.41. The van der Waals surface area contributed by atoms with Crippen molar-refractivity contribution in [2.24, 2.45) is 5.41 Å². The van der Waals surface area contributed by atoms with Crippen LogP contribution in [0.4, 0.5) is 0 Å². The van der Waals surface area contributed by atoms with Crippen molar-refractivity contribution in [3.05, 3.63) is 15.0 Å². The molecule has 1 aromatic heterocycles. The van der Waals surface area contributed by atoms with Gasteiger partial charge in [-0.15, -0.1) is 11.3 Å². The van der Waals surface area contributed by atoms with Crippen LogP contribution in [0.15, 0.2) is 9.98 Å². The average molecular weight is 302 g/mol. The molecule has 1 aromatic rings. The van der Waals surface area contributed by atoms with Gasteiger partial charge in [0.2, 0.25) is 0 Å². The third kappa shape index (κ3) is 2.18. The van der Waals surface area contributed by atoms with E-state index >= 15 is 0 Å². The summed E-state index contributed by atoms with van der Waals surface area (Å²) in [5.41, 5.74) is 0.578. The molecule has 0 amide bonds. The van der Waals surface area contributed by atoms with E-state index < -0.39 is 0 Å². The highest BCUT2D eigenvalue weighted by Crippen LogP contribution is 2.36. The zero-order valence-electron chi connectivity index (χ0n) is 9.21. The van der Waals surface area contributed by atoms with E-state index in [4.69, 9.17) is 0 Å². The fraction of sp³-hybridized carbons (Fsp3) is 0.727. The van der Waals surface area contributed by atoms with Gasteiger partial charge in [0, 0.05) is 13.1 Å². The van der Waals surface area contributed by atoms with Crippen molar-refractivity contribution >= 4 is 27.3 Å². The number of nitrogens with zero attached hydrogens (tertiary/aromatic N) is 2. The molecule has 2 fully saturated rings. The molecular weight excluding hydrogens is 286 g/mol. The number of aromatic nitrogens is 1. The molecule has 5 heteroatoms. The van der Waals surface area contributed by atoms with Crippen LogP contribution in [0.25, 0.3) is 0 Å². The molecule has 2 aliphatic heterocycles. The molecule has 0 bridgehead atoms. The van der Waals surface area contributed by atoms with Gasteiger partial charge in [0.05, 0.1) is 16.5 Å². The average Bonchev–Trinajstić information content (AvgIpc) is 2.94. The third-order valence-electron chi connectivity index (χ3n) is 3.73. The second kappa shape index (κ2) is 4.37. The zero-order valence-corrected chi connectivity index (χ0v) is 11.6. The Labute approximate surface area is 108 Å². The molecule has 3 rings (SSSR count). The van der Waals surface area contributed by atoms with E-state index in [2.05, 4.69) is 31.1 Å². The summed E-state index contributed by atoms with van der Waals surface area (Å²) in [5, 5.41) is 4.73. The van der Waals surface area contributed by atoms with Gasteiger partial charge in [-0.25, -0.2) is 4.98 Å². The standard InChI is InChI=1S/C11H16BrN3S/c12-9-5-14-10(16-9)6-15-4-2-11(8-15)1-3-13-7-11/h5,13H,1-4,6-8H2. The number of thiazole rings is 1. The SMILES string of the molecule is Brc1cnc(CN2CCC3(CCNC3)C2)s1. The van der Waals surface area contributed by atoms with E-state index in [1.165, 1.54) is 44.0 Å². The monoisotopic (exact) mass is 301 g/mol. The fourth-order valence-corrected chi connectivity index (χ4v) is 4.20. The predicted octanol–water partition coefficient (Wildman–Crippen LogP) is 2.09.